The lowest BCUT2D eigenvalue weighted by atomic mass is 10.0. The number of pyridine rings is 1. The summed E-state index contributed by atoms with van der Waals surface area (Å²) in [4.78, 5) is 16.0. The summed E-state index contributed by atoms with van der Waals surface area (Å²) in [6.45, 7) is 6.68. The number of carbonyl (C=O) groups is 1. The maximum atomic E-state index is 11.7. The summed E-state index contributed by atoms with van der Waals surface area (Å²) in [5.74, 6) is 0.634. The van der Waals surface area contributed by atoms with Gasteiger partial charge in [-0.3, -0.25) is 9.78 Å². The van der Waals surface area contributed by atoms with Crippen molar-refractivity contribution in [2.24, 2.45) is 0 Å². The molecule has 0 saturated heterocycles. The first-order valence-electron chi connectivity index (χ1n) is 8.66. The van der Waals surface area contributed by atoms with Crippen LogP contribution in [0.15, 0.2) is 29.8 Å². The van der Waals surface area contributed by atoms with Crippen molar-refractivity contribution in [2.75, 3.05) is 7.11 Å². The minimum absolute atomic E-state index is 0.213. The van der Waals surface area contributed by atoms with E-state index in [0.29, 0.717) is 13.0 Å². The maximum Gasteiger partial charge on any atom is 0.310 e. The largest absolute Gasteiger partial charge is 0.489 e. The van der Waals surface area contributed by atoms with Gasteiger partial charge in [0.1, 0.15) is 12.4 Å². The summed E-state index contributed by atoms with van der Waals surface area (Å²) in [6.07, 6.45) is 3.06. The van der Waals surface area contributed by atoms with Crippen molar-refractivity contribution in [2.45, 2.75) is 40.2 Å². The van der Waals surface area contributed by atoms with Gasteiger partial charge in [0.25, 0.3) is 0 Å². The molecule has 0 radical (unpaired) electrons. The summed E-state index contributed by atoms with van der Waals surface area (Å²) in [6, 6.07) is 6.20. The van der Waals surface area contributed by atoms with Crippen LogP contribution >= 0.6 is 11.3 Å². The van der Waals surface area contributed by atoms with E-state index in [-0.39, 0.29) is 5.97 Å². The molecule has 0 atom stereocenters. The van der Waals surface area contributed by atoms with Crippen LogP contribution in [0.3, 0.4) is 0 Å². The highest BCUT2D eigenvalue weighted by Crippen LogP contribution is 2.34. The zero-order valence-corrected chi connectivity index (χ0v) is 16.4. The van der Waals surface area contributed by atoms with Crippen LogP contribution in [0.5, 0.6) is 5.75 Å². The van der Waals surface area contributed by atoms with Crippen molar-refractivity contribution >= 4 is 27.4 Å². The van der Waals surface area contributed by atoms with Crippen LogP contribution in [-0.2, 0) is 29.0 Å². The molecule has 0 aliphatic carbocycles. The Morgan fingerprint density at radius 2 is 1.96 bits per heavy atom. The van der Waals surface area contributed by atoms with Gasteiger partial charge in [-0.1, -0.05) is 6.92 Å². The van der Waals surface area contributed by atoms with Gasteiger partial charge in [0.2, 0.25) is 0 Å². The standard InChI is InChI=1S/C21H23NO3S/c1-5-15-7-18(25-11-17-10-22-14(3)6-13(17)2)9-19-21(15)16(12-26-19)8-20(23)24-4/h6-7,9-10,12H,5,8,11H2,1-4H3. The van der Waals surface area contributed by atoms with Crippen LogP contribution in [0.25, 0.3) is 10.1 Å². The smallest absolute Gasteiger partial charge is 0.310 e. The van der Waals surface area contributed by atoms with Crippen LogP contribution in [0.4, 0.5) is 0 Å². The Morgan fingerprint density at radius 3 is 2.65 bits per heavy atom. The molecule has 0 fully saturated rings. The van der Waals surface area contributed by atoms with E-state index in [9.17, 15) is 4.79 Å². The molecular formula is C21H23NO3S. The Morgan fingerprint density at radius 1 is 1.15 bits per heavy atom. The third kappa shape index (κ3) is 3.88. The quantitative estimate of drug-likeness (QED) is 0.587. The van der Waals surface area contributed by atoms with Gasteiger partial charge in [-0.25, -0.2) is 0 Å². The molecule has 3 rings (SSSR count). The monoisotopic (exact) mass is 369 g/mol. The number of hydrogen-bond donors (Lipinski definition) is 0. The lowest BCUT2D eigenvalue weighted by molar-refractivity contribution is -0.139. The summed E-state index contributed by atoms with van der Waals surface area (Å²) in [5.41, 5.74) is 5.50. The molecule has 0 unspecified atom stereocenters. The summed E-state index contributed by atoms with van der Waals surface area (Å²) < 4.78 is 12.0. The average molecular weight is 369 g/mol. The number of thiophene rings is 1. The molecule has 4 nitrogen and oxygen atoms in total. The van der Waals surface area contributed by atoms with E-state index in [2.05, 4.69) is 37.0 Å². The number of hydrogen-bond acceptors (Lipinski definition) is 5. The van der Waals surface area contributed by atoms with Crippen molar-refractivity contribution in [3.05, 3.63) is 57.7 Å². The van der Waals surface area contributed by atoms with Gasteiger partial charge in [0.05, 0.1) is 13.5 Å². The number of carbonyl (C=O) groups excluding carboxylic acids is 1. The fourth-order valence-corrected chi connectivity index (χ4v) is 4.09. The molecular weight excluding hydrogens is 346 g/mol. The number of esters is 1. The Balaban J connectivity index is 1.87. The number of fused-ring (bicyclic) bond motifs is 1. The Labute approximate surface area is 157 Å². The zero-order valence-electron chi connectivity index (χ0n) is 15.6. The molecule has 2 heterocycles. The van der Waals surface area contributed by atoms with E-state index < -0.39 is 0 Å². The first-order valence-corrected chi connectivity index (χ1v) is 9.54. The van der Waals surface area contributed by atoms with E-state index in [4.69, 9.17) is 9.47 Å². The number of benzene rings is 1. The van der Waals surface area contributed by atoms with Crippen molar-refractivity contribution in [3.8, 4) is 5.75 Å². The normalized spacial score (nSPS) is 10.9. The predicted molar refractivity (Wildman–Crippen MR) is 105 cm³/mol. The SMILES string of the molecule is CCc1cc(OCc2cnc(C)cc2C)cc2scc(CC(=O)OC)c12. The van der Waals surface area contributed by atoms with Crippen molar-refractivity contribution in [1.82, 2.24) is 4.98 Å². The number of ether oxygens (including phenoxy) is 2. The number of methoxy groups -OCH3 is 1. The summed E-state index contributed by atoms with van der Waals surface area (Å²) in [7, 11) is 1.42. The first-order chi connectivity index (χ1) is 12.5. The highest BCUT2D eigenvalue weighted by molar-refractivity contribution is 7.17. The second kappa shape index (κ2) is 7.87. The summed E-state index contributed by atoms with van der Waals surface area (Å²) in [5, 5.41) is 3.20. The number of aryl methyl sites for hydroxylation is 3. The van der Waals surface area contributed by atoms with Crippen molar-refractivity contribution in [1.29, 1.82) is 0 Å². The zero-order chi connectivity index (χ0) is 18.7. The Kier molecular flexibility index (Phi) is 5.57. The topological polar surface area (TPSA) is 48.4 Å². The van der Waals surface area contributed by atoms with Gasteiger partial charge in [0, 0.05) is 22.2 Å². The predicted octanol–water partition coefficient (Wildman–Crippen LogP) is 4.77. The van der Waals surface area contributed by atoms with Gasteiger partial charge in [-0.2, -0.15) is 0 Å². The van der Waals surface area contributed by atoms with Crippen LogP contribution in [0.2, 0.25) is 0 Å². The molecule has 26 heavy (non-hydrogen) atoms. The molecule has 0 aliphatic heterocycles. The fraction of sp³-hybridized carbons (Fsp3) is 0.333. The summed E-state index contributed by atoms with van der Waals surface area (Å²) >= 11 is 1.64. The number of nitrogens with zero attached hydrogens (tertiary/aromatic N) is 1. The van der Waals surface area contributed by atoms with Gasteiger partial charge in [-0.05, 0) is 65.9 Å². The molecule has 0 N–H and O–H groups in total. The van der Waals surface area contributed by atoms with E-state index in [1.165, 1.54) is 18.2 Å². The van der Waals surface area contributed by atoms with E-state index >= 15 is 0 Å². The van der Waals surface area contributed by atoms with Crippen LogP contribution in [-0.4, -0.2) is 18.1 Å². The molecule has 0 saturated carbocycles. The molecule has 0 spiro atoms. The third-order valence-electron chi connectivity index (χ3n) is 4.50. The lowest BCUT2D eigenvalue weighted by Crippen LogP contribution is -2.04. The van der Waals surface area contributed by atoms with Crippen LogP contribution in [0.1, 0.15) is 34.9 Å². The lowest BCUT2D eigenvalue weighted by Gasteiger charge is -2.11. The second-order valence-electron chi connectivity index (χ2n) is 6.36. The third-order valence-corrected chi connectivity index (χ3v) is 5.48. The van der Waals surface area contributed by atoms with E-state index in [1.54, 1.807) is 11.3 Å². The maximum absolute atomic E-state index is 11.7. The van der Waals surface area contributed by atoms with Crippen LogP contribution in [0, 0.1) is 13.8 Å². The minimum Gasteiger partial charge on any atom is -0.489 e. The van der Waals surface area contributed by atoms with Gasteiger partial charge in [-0.15, -0.1) is 11.3 Å². The molecule has 0 bridgehead atoms. The molecule has 1 aromatic carbocycles. The highest BCUT2D eigenvalue weighted by Gasteiger charge is 2.14. The van der Waals surface area contributed by atoms with Crippen molar-refractivity contribution < 1.29 is 14.3 Å². The first kappa shape index (κ1) is 18.4. The van der Waals surface area contributed by atoms with Gasteiger partial charge in [0.15, 0.2) is 0 Å². The molecule has 5 heteroatoms. The second-order valence-corrected chi connectivity index (χ2v) is 7.28. The Hall–Kier alpha value is -2.40. The van der Waals surface area contributed by atoms with Gasteiger partial charge < -0.3 is 9.47 Å². The molecule has 136 valence electrons. The number of rotatable bonds is 6. The fourth-order valence-electron chi connectivity index (χ4n) is 3.05. The molecule has 0 amide bonds. The minimum atomic E-state index is -0.213. The van der Waals surface area contributed by atoms with Gasteiger partial charge >= 0.3 is 5.97 Å². The molecule has 0 aliphatic rings. The number of aromatic nitrogens is 1. The Bertz CT molecular complexity index is 946. The van der Waals surface area contributed by atoms with E-state index in [1.807, 2.05) is 18.5 Å². The average Bonchev–Trinajstić information content (AvgIpc) is 3.03. The molecule has 2 aromatic heterocycles. The molecule has 3 aromatic rings. The van der Waals surface area contributed by atoms with E-state index in [0.717, 1.165) is 39.1 Å². The van der Waals surface area contributed by atoms with Crippen molar-refractivity contribution in [3.63, 3.8) is 0 Å². The van der Waals surface area contributed by atoms with Crippen LogP contribution < -0.4 is 4.74 Å². The highest BCUT2D eigenvalue weighted by atomic mass is 32.1.